The minimum absolute atomic E-state index is 0.0567. The lowest BCUT2D eigenvalue weighted by Crippen LogP contribution is -2.49. The van der Waals surface area contributed by atoms with E-state index in [1.54, 1.807) is 6.92 Å². The summed E-state index contributed by atoms with van der Waals surface area (Å²) in [6.07, 6.45) is 1.72. The van der Waals surface area contributed by atoms with Crippen molar-refractivity contribution in [1.82, 2.24) is 4.72 Å². The van der Waals surface area contributed by atoms with Crippen LogP contribution in [0.1, 0.15) is 39.2 Å². The van der Waals surface area contributed by atoms with Gasteiger partial charge in [-0.1, -0.05) is 26.8 Å². The smallest absolute Gasteiger partial charge is 0.270 e. The van der Waals surface area contributed by atoms with E-state index in [1.807, 2.05) is 13.8 Å². The van der Waals surface area contributed by atoms with Gasteiger partial charge in [0.15, 0.2) is 0 Å². The van der Waals surface area contributed by atoms with Crippen LogP contribution in [0, 0.1) is 10.1 Å². The molecule has 0 radical (unpaired) electrons. The lowest BCUT2D eigenvalue weighted by atomic mass is 9.95. The fourth-order valence-corrected chi connectivity index (χ4v) is 3.48. The van der Waals surface area contributed by atoms with Crippen molar-refractivity contribution in [2.24, 2.45) is 5.73 Å². The number of nitro benzene ring substituents is 1. The van der Waals surface area contributed by atoms with Crippen molar-refractivity contribution in [2.45, 2.75) is 50.5 Å². The van der Waals surface area contributed by atoms with Gasteiger partial charge in [0.1, 0.15) is 0 Å². The second-order valence-corrected chi connectivity index (χ2v) is 7.03. The molecule has 22 heavy (non-hydrogen) atoms. The predicted molar refractivity (Wildman–Crippen MR) is 85.2 cm³/mol. The molecule has 1 aromatic rings. The largest absolute Gasteiger partial charge is 0.324 e. The third-order valence-electron chi connectivity index (χ3n) is 3.95. The first kappa shape index (κ1) is 18.5. The number of hydrogen-bond acceptors (Lipinski definition) is 5. The van der Waals surface area contributed by atoms with Gasteiger partial charge in [-0.2, -0.15) is 0 Å². The number of hydrogen-bond donors (Lipinski definition) is 2. The zero-order valence-electron chi connectivity index (χ0n) is 13.1. The first-order chi connectivity index (χ1) is 10.2. The summed E-state index contributed by atoms with van der Waals surface area (Å²) in [5.74, 6) is 0. The molecule has 124 valence electrons. The molecule has 0 fully saturated rings. The Morgan fingerprint density at radius 3 is 2.32 bits per heavy atom. The molecule has 0 aliphatic carbocycles. The van der Waals surface area contributed by atoms with Gasteiger partial charge in [-0.15, -0.1) is 0 Å². The Hall–Kier alpha value is -1.51. The Balaban J connectivity index is 3.16. The van der Waals surface area contributed by atoms with Crippen LogP contribution in [0.3, 0.4) is 0 Å². The molecular weight excluding hydrogens is 306 g/mol. The topological polar surface area (TPSA) is 115 Å². The summed E-state index contributed by atoms with van der Waals surface area (Å²) in [5.41, 5.74) is 5.76. The molecular formula is C14H23N3O4S. The van der Waals surface area contributed by atoms with Gasteiger partial charge >= 0.3 is 0 Å². The lowest BCUT2D eigenvalue weighted by molar-refractivity contribution is -0.385. The lowest BCUT2D eigenvalue weighted by Gasteiger charge is -2.26. The van der Waals surface area contributed by atoms with Crippen LogP contribution < -0.4 is 10.5 Å². The molecule has 8 heteroatoms. The molecule has 0 spiro atoms. The maximum Gasteiger partial charge on any atom is 0.270 e. The van der Waals surface area contributed by atoms with E-state index in [-0.39, 0.29) is 17.1 Å². The highest BCUT2D eigenvalue weighted by molar-refractivity contribution is 7.89. The van der Waals surface area contributed by atoms with Gasteiger partial charge < -0.3 is 5.73 Å². The van der Waals surface area contributed by atoms with E-state index in [9.17, 15) is 18.5 Å². The van der Waals surface area contributed by atoms with Gasteiger partial charge in [-0.05, 0) is 24.8 Å². The molecule has 0 saturated heterocycles. The molecule has 0 bridgehead atoms. The maximum absolute atomic E-state index is 12.5. The van der Waals surface area contributed by atoms with Crippen LogP contribution >= 0.6 is 0 Å². The fraction of sp³-hybridized carbons (Fsp3) is 0.571. The molecule has 3 N–H and O–H groups in total. The van der Waals surface area contributed by atoms with Crippen LogP contribution in [-0.2, 0) is 16.4 Å². The normalized spacial score (nSPS) is 12.4. The molecule has 7 nitrogen and oxygen atoms in total. The standard InChI is InChI=1S/C14H23N3O4S/c1-4-11-7-8-12(17(18)19)9-13(11)22(20,21)16-10-14(15,5-2)6-3/h7-9,16H,4-6,10,15H2,1-3H3. The predicted octanol–water partition coefficient (Wildman–Crippen LogP) is 1.95. The number of nitro groups is 1. The number of nitrogens with two attached hydrogens (primary N) is 1. The van der Waals surface area contributed by atoms with Crippen LogP contribution in [0.15, 0.2) is 23.1 Å². The Labute approximate surface area is 131 Å². The Morgan fingerprint density at radius 2 is 1.86 bits per heavy atom. The van der Waals surface area contributed by atoms with Crippen LogP contribution in [0.4, 0.5) is 5.69 Å². The number of nitrogens with zero attached hydrogens (tertiary/aromatic N) is 1. The third kappa shape index (κ3) is 4.25. The summed E-state index contributed by atoms with van der Waals surface area (Å²) < 4.78 is 27.4. The van der Waals surface area contributed by atoms with E-state index >= 15 is 0 Å². The quantitative estimate of drug-likeness (QED) is 0.558. The highest BCUT2D eigenvalue weighted by Gasteiger charge is 2.26. The average Bonchev–Trinajstić information content (AvgIpc) is 2.52. The summed E-state index contributed by atoms with van der Waals surface area (Å²) in [6, 6.07) is 3.88. The van der Waals surface area contributed by atoms with Gasteiger partial charge in [0.05, 0.1) is 9.82 Å². The zero-order chi connectivity index (χ0) is 17.0. The van der Waals surface area contributed by atoms with Crippen molar-refractivity contribution in [1.29, 1.82) is 0 Å². The Bertz CT molecular complexity index is 639. The first-order valence-electron chi connectivity index (χ1n) is 7.25. The van der Waals surface area contributed by atoms with Gasteiger partial charge in [0.2, 0.25) is 10.0 Å². The van der Waals surface area contributed by atoms with Crippen molar-refractivity contribution in [2.75, 3.05) is 6.54 Å². The number of rotatable bonds is 8. The van der Waals surface area contributed by atoms with E-state index in [4.69, 9.17) is 5.73 Å². The van der Waals surface area contributed by atoms with Crippen molar-refractivity contribution >= 4 is 15.7 Å². The zero-order valence-corrected chi connectivity index (χ0v) is 13.9. The van der Waals surface area contributed by atoms with Crippen molar-refractivity contribution in [3.05, 3.63) is 33.9 Å². The fourth-order valence-electron chi connectivity index (χ4n) is 2.02. The highest BCUT2D eigenvalue weighted by Crippen LogP contribution is 2.23. The van der Waals surface area contributed by atoms with Gasteiger partial charge in [-0.3, -0.25) is 10.1 Å². The number of non-ortho nitro benzene ring substituents is 1. The molecule has 1 aromatic carbocycles. The molecule has 1 rings (SSSR count). The van der Waals surface area contributed by atoms with Crippen LogP contribution in [-0.4, -0.2) is 25.4 Å². The van der Waals surface area contributed by atoms with E-state index < -0.39 is 20.5 Å². The number of aryl methyl sites for hydroxylation is 1. The van der Waals surface area contributed by atoms with Crippen LogP contribution in [0.5, 0.6) is 0 Å². The summed E-state index contributed by atoms with van der Waals surface area (Å²) in [7, 11) is -3.85. The summed E-state index contributed by atoms with van der Waals surface area (Å²) >= 11 is 0. The van der Waals surface area contributed by atoms with Crippen molar-refractivity contribution in [3.63, 3.8) is 0 Å². The summed E-state index contributed by atoms with van der Waals surface area (Å²) in [5, 5.41) is 10.9. The van der Waals surface area contributed by atoms with Crippen LogP contribution in [0.25, 0.3) is 0 Å². The minimum Gasteiger partial charge on any atom is -0.324 e. The maximum atomic E-state index is 12.5. The molecule has 0 saturated carbocycles. The number of nitrogens with one attached hydrogen (secondary N) is 1. The molecule has 0 aliphatic heterocycles. The molecule has 0 aromatic heterocycles. The molecule has 0 amide bonds. The van der Waals surface area contributed by atoms with Gasteiger partial charge in [-0.25, -0.2) is 13.1 Å². The van der Waals surface area contributed by atoms with E-state index in [0.29, 0.717) is 24.8 Å². The molecule has 0 aliphatic rings. The molecule has 0 atom stereocenters. The third-order valence-corrected chi connectivity index (χ3v) is 5.44. The molecule has 0 heterocycles. The van der Waals surface area contributed by atoms with Crippen molar-refractivity contribution < 1.29 is 13.3 Å². The highest BCUT2D eigenvalue weighted by atomic mass is 32.2. The summed E-state index contributed by atoms with van der Waals surface area (Å²) in [4.78, 5) is 10.2. The Kier molecular flexibility index (Phi) is 6.04. The van der Waals surface area contributed by atoms with Gasteiger partial charge in [0, 0.05) is 24.2 Å². The second kappa shape index (κ2) is 7.17. The van der Waals surface area contributed by atoms with E-state index in [0.717, 1.165) is 6.07 Å². The van der Waals surface area contributed by atoms with E-state index in [1.165, 1.54) is 12.1 Å². The molecule has 0 unspecified atom stereocenters. The van der Waals surface area contributed by atoms with Crippen LogP contribution in [0.2, 0.25) is 0 Å². The first-order valence-corrected chi connectivity index (χ1v) is 8.73. The van der Waals surface area contributed by atoms with E-state index in [2.05, 4.69) is 4.72 Å². The Morgan fingerprint density at radius 1 is 1.27 bits per heavy atom. The second-order valence-electron chi connectivity index (χ2n) is 5.30. The number of sulfonamides is 1. The minimum atomic E-state index is -3.85. The monoisotopic (exact) mass is 329 g/mol. The summed E-state index contributed by atoms with van der Waals surface area (Å²) in [6.45, 7) is 5.67. The SMILES string of the molecule is CCc1ccc([N+](=O)[O-])cc1S(=O)(=O)NCC(N)(CC)CC. The van der Waals surface area contributed by atoms with Gasteiger partial charge in [0.25, 0.3) is 5.69 Å². The number of benzene rings is 1. The van der Waals surface area contributed by atoms with Crippen molar-refractivity contribution in [3.8, 4) is 0 Å². The average molecular weight is 329 g/mol.